The lowest BCUT2D eigenvalue weighted by Crippen LogP contribution is -2.18. The van der Waals surface area contributed by atoms with Crippen molar-refractivity contribution in [1.29, 1.82) is 0 Å². The van der Waals surface area contributed by atoms with Gasteiger partial charge in [0.25, 0.3) is 0 Å². The van der Waals surface area contributed by atoms with Crippen LogP contribution in [0.25, 0.3) is 10.9 Å². The predicted octanol–water partition coefficient (Wildman–Crippen LogP) is 3.60. The first-order valence-electron chi connectivity index (χ1n) is 6.12. The lowest BCUT2D eigenvalue weighted by molar-refractivity contribution is -0.141. The molecule has 1 unspecified atom stereocenters. The summed E-state index contributed by atoms with van der Waals surface area (Å²) < 4.78 is 14.8. The SMILES string of the molecule is CCCCC(C(=O)O)n1ccc2cc(F)ccc21. The van der Waals surface area contributed by atoms with E-state index in [0.717, 1.165) is 23.7 Å². The molecule has 4 heteroatoms. The minimum absolute atomic E-state index is 0.305. The van der Waals surface area contributed by atoms with Gasteiger partial charge in [-0.2, -0.15) is 0 Å². The van der Waals surface area contributed by atoms with Crippen LogP contribution in [-0.4, -0.2) is 15.6 Å². The number of hydrogen-bond donors (Lipinski definition) is 1. The number of hydrogen-bond acceptors (Lipinski definition) is 1. The van der Waals surface area contributed by atoms with Crippen molar-refractivity contribution in [3.63, 3.8) is 0 Å². The molecule has 3 nitrogen and oxygen atoms in total. The van der Waals surface area contributed by atoms with Crippen LogP contribution in [0.4, 0.5) is 4.39 Å². The zero-order chi connectivity index (χ0) is 13.1. The van der Waals surface area contributed by atoms with E-state index in [2.05, 4.69) is 0 Å². The highest BCUT2D eigenvalue weighted by Crippen LogP contribution is 2.24. The molecule has 2 aromatic rings. The molecule has 0 saturated heterocycles. The first-order valence-corrected chi connectivity index (χ1v) is 6.12. The van der Waals surface area contributed by atoms with Crippen molar-refractivity contribution in [2.24, 2.45) is 0 Å². The molecule has 0 bridgehead atoms. The molecule has 1 aromatic heterocycles. The maximum atomic E-state index is 13.1. The Labute approximate surface area is 105 Å². The Morgan fingerprint density at radius 1 is 1.44 bits per heavy atom. The van der Waals surface area contributed by atoms with Crippen molar-refractivity contribution >= 4 is 16.9 Å². The molecule has 0 saturated carbocycles. The Balaban J connectivity index is 2.41. The molecule has 18 heavy (non-hydrogen) atoms. The number of fused-ring (bicyclic) bond motifs is 1. The minimum atomic E-state index is -0.842. The van der Waals surface area contributed by atoms with Gasteiger partial charge in [-0.1, -0.05) is 19.8 Å². The third-order valence-corrected chi connectivity index (χ3v) is 3.13. The van der Waals surface area contributed by atoms with Crippen molar-refractivity contribution in [3.8, 4) is 0 Å². The second-order valence-corrected chi connectivity index (χ2v) is 4.42. The second-order valence-electron chi connectivity index (χ2n) is 4.42. The normalized spacial score (nSPS) is 12.8. The summed E-state index contributed by atoms with van der Waals surface area (Å²) in [5.41, 5.74) is 0.764. The standard InChI is InChI=1S/C14H16FNO2/c1-2-3-4-13(14(17)18)16-8-7-10-9-11(15)5-6-12(10)16/h5-9,13H,2-4H2,1H3,(H,17,18). The van der Waals surface area contributed by atoms with Crippen molar-refractivity contribution in [2.45, 2.75) is 32.2 Å². The van der Waals surface area contributed by atoms with Crippen LogP contribution >= 0.6 is 0 Å². The molecular weight excluding hydrogens is 233 g/mol. The van der Waals surface area contributed by atoms with Crippen molar-refractivity contribution in [3.05, 3.63) is 36.3 Å². The largest absolute Gasteiger partial charge is 0.480 e. The van der Waals surface area contributed by atoms with Crippen LogP contribution in [-0.2, 0) is 4.79 Å². The summed E-state index contributed by atoms with van der Waals surface area (Å²) in [6.07, 6.45) is 4.13. The summed E-state index contributed by atoms with van der Waals surface area (Å²) in [7, 11) is 0. The summed E-state index contributed by atoms with van der Waals surface area (Å²) in [6, 6.07) is 5.59. The van der Waals surface area contributed by atoms with E-state index in [1.54, 1.807) is 22.9 Å². The summed E-state index contributed by atoms with van der Waals surface area (Å²) >= 11 is 0. The van der Waals surface area contributed by atoms with Gasteiger partial charge < -0.3 is 9.67 Å². The Hall–Kier alpha value is -1.84. The number of aromatic nitrogens is 1. The van der Waals surface area contributed by atoms with E-state index in [1.807, 2.05) is 6.92 Å². The van der Waals surface area contributed by atoms with Crippen molar-refractivity contribution < 1.29 is 14.3 Å². The highest BCUT2D eigenvalue weighted by Gasteiger charge is 2.20. The maximum Gasteiger partial charge on any atom is 0.326 e. The molecule has 96 valence electrons. The fourth-order valence-corrected chi connectivity index (χ4v) is 2.19. The number of rotatable bonds is 5. The van der Waals surface area contributed by atoms with Gasteiger partial charge >= 0.3 is 5.97 Å². The smallest absolute Gasteiger partial charge is 0.326 e. The van der Waals surface area contributed by atoms with Crippen molar-refractivity contribution in [2.75, 3.05) is 0 Å². The number of carboxylic acid groups (broad SMARTS) is 1. The Kier molecular flexibility index (Phi) is 3.65. The molecule has 0 radical (unpaired) electrons. The van der Waals surface area contributed by atoms with Crippen LogP contribution in [0.3, 0.4) is 0 Å². The topological polar surface area (TPSA) is 42.2 Å². The zero-order valence-electron chi connectivity index (χ0n) is 10.3. The van der Waals surface area contributed by atoms with Gasteiger partial charge in [0.15, 0.2) is 0 Å². The number of benzene rings is 1. The van der Waals surface area contributed by atoms with Crippen LogP contribution in [0.5, 0.6) is 0 Å². The number of aliphatic carboxylic acids is 1. The lowest BCUT2D eigenvalue weighted by Gasteiger charge is -2.15. The van der Waals surface area contributed by atoms with E-state index >= 15 is 0 Å². The molecule has 1 atom stereocenters. The van der Waals surface area contributed by atoms with Gasteiger partial charge in [0.1, 0.15) is 11.9 Å². The number of carbonyl (C=O) groups is 1. The second kappa shape index (κ2) is 5.21. The quantitative estimate of drug-likeness (QED) is 0.879. The number of halogens is 1. The molecular formula is C14H16FNO2. The van der Waals surface area contributed by atoms with E-state index < -0.39 is 12.0 Å². The third kappa shape index (κ3) is 2.37. The first kappa shape index (κ1) is 12.6. The van der Waals surface area contributed by atoms with Gasteiger partial charge in [0.2, 0.25) is 0 Å². The van der Waals surface area contributed by atoms with E-state index in [4.69, 9.17) is 0 Å². The molecule has 0 spiro atoms. The number of carboxylic acids is 1. The summed E-state index contributed by atoms with van der Waals surface area (Å²) in [5, 5.41) is 10.0. The monoisotopic (exact) mass is 249 g/mol. The van der Waals surface area contributed by atoms with Gasteiger partial charge in [0, 0.05) is 17.1 Å². The minimum Gasteiger partial charge on any atom is -0.480 e. The van der Waals surface area contributed by atoms with E-state index in [9.17, 15) is 14.3 Å². The van der Waals surface area contributed by atoms with Crippen molar-refractivity contribution in [1.82, 2.24) is 4.57 Å². The highest BCUT2D eigenvalue weighted by molar-refractivity contribution is 5.83. The van der Waals surface area contributed by atoms with Crippen LogP contribution < -0.4 is 0 Å². The summed E-state index contributed by atoms with van der Waals surface area (Å²) in [6.45, 7) is 2.03. The molecule has 1 aromatic carbocycles. The third-order valence-electron chi connectivity index (χ3n) is 3.13. The van der Waals surface area contributed by atoms with Gasteiger partial charge in [0.05, 0.1) is 0 Å². The maximum absolute atomic E-state index is 13.1. The molecule has 1 heterocycles. The average molecular weight is 249 g/mol. The fraction of sp³-hybridized carbons (Fsp3) is 0.357. The fourth-order valence-electron chi connectivity index (χ4n) is 2.19. The molecule has 2 rings (SSSR count). The van der Waals surface area contributed by atoms with Crippen LogP contribution in [0, 0.1) is 5.82 Å². The predicted molar refractivity (Wildman–Crippen MR) is 68.1 cm³/mol. The summed E-state index contributed by atoms with van der Waals surface area (Å²) in [5.74, 6) is -1.15. The Morgan fingerprint density at radius 2 is 2.22 bits per heavy atom. The molecule has 0 aliphatic heterocycles. The van der Waals surface area contributed by atoms with Gasteiger partial charge in [-0.25, -0.2) is 9.18 Å². The van der Waals surface area contributed by atoms with Crippen LogP contribution in [0.2, 0.25) is 0 Å². The Morgan fingerprint density at radius 3 is 2.89 bits per heavy atom. The first-order chi connectivity index (χ1) is 8.63. The molecule has 0 amide bonds. The van der Waals surface area contributed by atoms with Crippen LogP contribution in [0.1, 0.15) is 32.2 Å². The number of nitrogens with zero attached hydrogens (tertiary/aromatic N) is 1. The highest BCUT2D eigenvalue weighted by atomic mass is 19.1. The Bertz CT molecular complexity index is 562. The lowest BCUT2D eigenvalue weighted by atomic mass is 10.1. The number of unbranched alkanes of at least 4 members (excludes halogenated alkanes) is 1. The molecule has 1 N–H and O–H groups in total. The zero-order valence-corrected chi connectivity index (χ0v) is 10.3. The van der Waals surface area contributed by atoms with Gasteiger partial charge in [-0.15, -0.1) is 0 Å². The van der Waals surface area contributed by atoms with Gasteiger partial charge in [-0.05, 0) is 30.7 Å². The summed E-state index contributed by atoms with van der Waals surface area (Å²) in [4.78, 5) is 11.3. The van der Waals surface area contributed by atoms with E-state index in [-0.39, 0.29) is 5.82 Å². The molecule has 0 aliphatic rings. The van der Waals surface area contributed by atoms with Gasteiger partial charge in [-0.3, -0.25) is 0 Å². The average Bonchev–Trinajstić information content (AvgIpc) is 2.72. The molecule has 0 fully saturated rings. The van der Waals surface area contributed by atoms with Crippen LogP contribution in [0.15, 0.2) is 30.5 Å². The van der Waals surface area contributed by atoms with E-state index in [0.29, 0.717) is 6.42 Å². The molecule has 0 aliphatic carbocycles. The van der Waals surface area contributed by atoms with E-state index in [1.165, 1.54) is 12.1 Å².